The van der Waals surface area contributed by atoms with E-state index >= 15 is 0 Å². The van der Waals surface area contributed by atoms with Gasteiger partial charge in [-0.3, -0.25) is 0 Å². The molecule has 0 saturated carbocycles. The second kappa shape index (κ2) is 19.4. The van der Waals surface area contributed by atoms with Crippen molar-refractivity contribution in [3.8, 4) is 51.0 Å². The third kappa shape index (κ3) is 9.38. The Morgan fingerprint density at radius 2 is 1.05 bits per heavy atom. The molecular formula is C58H41IrN4O. The van der Waals surface area contributed by atoms with Crippen molar-refractivity contribution >= 4 is 21.9 Å². The van der Waals surface area contributed by atoms with Crippen molar-refractivity contribution in [3.63, 3.8) is 0 Å². The first-order chi connectivity index (χ1) is 36.1. The van der Waals surface area contributed by atoms with Gasteiger partial charge >= 0.3 is 20.1 Å². The number of hydrogen-bond acceptors (Lipinski definition) is 5. The number of furan rings is 1. The summed E-state index contributed by atoms with van der Waals surface area (Å²) in [7, 11) is 0. The smallest absolute Gasteiger partial charge is 0.501 e. The second-order valence-corrected chi connectivity index (χ2v) is 14.4. The van der Waals surface area contributed by atoms with E-state index in [-0.39, 0.29) is 65.3 Å². The van der Waals surface area contributed by atoms with E-state index in [4.69, 9.17) is 5.79 Å². The maximum atomic E-state index is 10.1. The largest absolute Gasteiger partial charge is 3.00 e. The summed E-state index contributed by atoms with van der Waals surface area (Å²) in [5.41, 5.74) is 1.98. The van der Waals surface area contributed by atoms with Crippen molar-refractivity contribution < 1.29 is 42.3 Å². The minimum absolute atomic E-state index is 0. The van der Waals surface area contributed by atoms with E-state index in [9.17, 15) is 21.7 Å². The molecule has 0 amide bonds. The fraction of sp³-hybridized carbons (Fsp3) is 0.103. The van der Waals surface area contributed by atoms with Crippen LogP contribution in [-0.4, -0.2) is 15.0 Å². The normalized spacial score (nSPS) is 15.4. The van der Waals surface area contributed by atoms with E-state index in [2.05, 4.69) is 39.2 Å². The molecule has 0 aliphatic rings. The summed E-state index contributed by atoms with van der Waals surface area (Å²) in [4.78, 5) is 13.3. The molecule has 6 aromatic carbocycles. The molecule has 5 nitrogen and oxygen atoms in total. The fourth-order valence-corrected chi connectivity index (χ4v) is 7.09. The summed E-state index contributed by atoms with van der Waals surface area (Å²) in [5, 5.41) is 11.3. The van der Waals surface area contributed by atoms with Crippen LogP contribution in [0, 0.1) is 29.5 Å². The Labute approximate surface area is 405 Å². The molecule has 0 spiro atoms. The van der Waals surface area contributed by atoms with E-state index in [1.807, 2.05) is 30.3 Å². The van der Waals surface area contributed by atoms with Crippen LogP contribution in [0.5, 0.6) is 0 Å². The van der Waals surface area contributed by atoms with Crippen LogP contribution < -0.4 is 0 Å². The number of hydrogen-bond donors (Lipinski definition) is 0. The third-order valence-electron chi connectivity index (χ3n) is 10.2. The molecular weight excluding hydrogens is 961 g/mol. The number of aromatic nitrogens is 3. The van der Waals surface area contributed by atoms with Crippen LogP contribution in [0.3, 0.4) is 0 Å². The Balaban J connectivity index is 0.00000722. The number of benzene rings is 6. The van der Waals surface area contributed by atoms with Crippen LogP contribution in [0.4, 0.5) is 0 Å². The molecule has 0 saturated heterocycles. The number of rotatable bonds is 13. The Kier molecular flexibility index (Phi) is 8.83. The van der Waals surface area contributed by atoms with Gasteiger partial charge in [-0.2, -0.15) is 5.26 Å². The average molecular weight is 1020 g/mol. The molecule has 0 aliphatic carbocycles. The molecule has 10 aromatic rings. The number of pyridine rings is 3. The molecule has 4 aromatic heterocycles. The van der Waals surface area contributed by atoms with Gasteiger partial charge in [0.2, 0.25) is 0 Å². The summed E-state index contributed by atoms with van der Waals surface area (Å²) >= 11 is 0. The van der Waals surface area contributed by atoms with Crippen LogP contribution >= 0.6 is 0 Å². The summed E-state index contributed by atoms with van der Waals surface area (Å²) < 4.78 is 128. The van der Waals surface area contributed by atoms with Gasteiger partial charge in [-0.1, -0.05) is 95.9 Å². The van der Waals surface area contributed by atoms with E-state index in [0.29, 0.717) is 44.4 Å². The molecule has 0 fully saturated rings. The van der Waals surface area contributed by atoms with Crippen LogP contribution in [0.2, 0.25) is 0 Å². The molecule has 0 bridgehead atoms. The first-order valence-corrected chi connectivity index (χ1v) is 20.0. The fourth-order valence-electron chi connectivity index (χ4n) is 7.09. The molecule has 0 N–H and O–H groups in total. The van der Waals surface area contributed by atoms with Gasteiger partial charge in [-0.15, -0.1) is 90.0 Å². The minimum Gasteiger partial charge on any atom is -0.501 e. The van der Waals surface area contributed by atoms with Crippen molar-refractivity contribution in [1.82, 2.24) is 15.0 Å². The van der Waals surface area contributed by atoms with E-state index in [1.165, 1.54) is 48.8 Å². The molecule has 6 heteroatoms. The topological polar surface area (TPSA) is 75.6 Å². The number of aryl methyl sites for hydroxylation is 6. The van der Waals surface area contributed by atoms with E-state index in [1.54, 1.807) is 66.7 Å². The molecule has 0 radical (unpaired) electrons. The average Bonchev–Trinajstić information content (AvgIpc) is 3.83. The first-order valence-electron chi connectivity index (χ1n) is 26.5. The molecule has 0 atom stereocenters. The summed E-state index contributed by atoms with van der Waals surface area (Å²) in [6, 6.07) is 50.9. The zero-order valence-electron chi connectivity index (χ0n) is 46.7. The summed E-state index contributed by atoms with van der Waals surface area (Å²) in [5.74, 6) is 0. The third-order valence-corrected chi connectivity index (χ3v) is 10.2. The number of nitrogens with zero attached hydrogens (tertiary/aromatic N) is 4. The van der Waals surface area contributed by atoms with Crippen molar-refractivity contribution in [2.75, 3.05) is 0 Å². The van der Waals surface area contributed by atoms with Gasteiger partial charge in [-0.05, 0) is 106 Å². The first kappa shape index (κ1) is 29.1. The van der Waals surface area contributed by atoms with Crippen LogP contribution in [0.1, 0.15) is 56.8 Å². The van der Waals surface area contributed by atoms with Gasteiger partial charge in [-0.25, -0.2) is 0 Å². The van der Waals surface area contributed by atoms with Gasteiger partial charge < -0.3 is 19.4 Å². The maximum absolute atomic E-state index is 10.1. The van der Waals surface area contributed by atoms with Gasteiger partial charge in [0.25, 0.3) is 0 Å². The van der Waals surface area contributed by atoms with Gasteiger partial charge in [0.05, 0.1) is 18.6 Å². The van der Waals surface area contributed by atoms with Gasteiger partial charge in [0.15, 0.2) is 0 Å². The van der Waals surface area contributed by atoms with Crippen LogP contribution in [0.15, 0.2) is 181 Å². The predicted molar refractivity (Wildman–Crippen MR) is 252 cm³/mol. The van der Waals surface area contributed by atoms with Crippen molar-refractivity contribution in [1.29, 1.82) is 5.26 Å². The molecule has 64 heavy (non-hydrogen) atoms. The Morgan fingerprint density at radius 1 is 0.531 bits per heavy atom. The molecule has 4 heterocycles. The molecule has 308 valence electrons. The van der Waals surface area contributed by atoms with E-state index < -0.39 is 54.9 Å². The number of nitriles is 1. The SMILES string of the molecule is [2H]c1c(C#N)c(-c2ccccc2)cc2c1oc1c(-c3ccc(C([2H])([2H])C([2H])([2H])c4cc(C([2H])([2H])C([2H])([2H])c5ccc(-c6[c-]cccc6)nc5)cc(C([2H])([2H])C([2H])([2H])c5ccc(-c6[c-]cccc6)nc5)c4)cn3)[c-]ccc12.[Ir+3]. The Morgan fingerprint density at radius 3 is 1.53 bits per heavy atom. The minimum atomic E-state index is -3.17. The quantitative estimate of drug-likeness (QED) is 0.108. The van der Waals surface area contributed by atoms with Crippen LogP contribution in [0.25, 0.3) is 66.8 Å². The molecule has 10 rings (SSSR count). The van der Waals surface area contributed by atoms with Crippen molar-refractivity contribution in [2.45, 2.75) is 38.2 Å². The predicted octanol–water partition coefficient (Wildman–Crippen LogP) is 13.1. The second-order valence-electron chi connectivity index (χ2n) is 14.4. The van der Waals surface area contributed by atoms with E-state index in [0.717, 1.165) is 30.0 Å². The van der Waals surface area contributed by atoms with Gasteiger partial charge in [0, 0.05) is 46.0 Å². The zero-order valence-corrected chi connectivity index (χ0v) is 36.1. The maximum Gasteiger partial charge on any atom is 3.00 e. The Hall–Kier alpha value is -7.29. The summed E-state index contributed by atoms with van der Waals surface area (Å²) in [6.07, 6.45) is -14.8. The summed E-state index contributed by atoms with van der Waals surface area (Å²) in [6.45, 7) is 0. The molecule has 0 unspecified atom stereocenters. The van der Waals surface area contributed by atoms with Gasteiger partial charge in [0.1, 0.15) is 5.58 Å². The van der Waals surface area contributed by atoms with Crippen LogP contribution in [-0.2, 0) is 58.3 Å². The standard InChI is InChI=1S/C58H41N4O.Ir/c59-36-49-34-57-53(35-52(49)46-11-4-1-5-12-46)50-17-10-18-51(58(50)63-57)56-30-27-42(39-62-56)21-24-45-32-43(22-19-40-25-28-54(60-37-40)47-13-6-2-7-14-47)31-44(33-45)23-20-41-26-29-55(61-38-41)48-15-8-3-9-16-48;/h1-13,15,17,25-35,37-39H,19-24H2;/q-3;+3/i19D2,20D2,21D2,22D2,23D2,24D2,34D;. The number of fused-ring (bicyclic) bond motifs is 3. The molecule has 0 aliphatic heterocycles. The van der Waals surface area contributed by atoms with Crippen molar-refractivity contribution in [2.24, 2.45) is 0 Å². The van der Waals surface area contributed by atoms with Crippen molar-refractivity contribution in [3.05, 3.63) is 233 Å². The monoisotopic (exact) mass is 1020 g/mol. The Bertz CT molecular complexity index is 3710. The zero-order chi connectivity index (χ0) is 54.0.